The van der Waals surface area contributed by atoms with Crippen LogP contribution in [0.25, 0.3) is 0 Å². The molecule has 0 atom stereocenters. The lowest BCUT2D eigenvalue weighted by Crippen LogP contribution is -2.09. The smallest absolute Gasteiger partial charge is 0.319 e. The van der Waals surface area contributed by atoms with Gasteiger partial charge in [0.25, 0.3) is 0 Å². The molecule has 8 heteroatoms. The lowest BCUT2D eigenvalue weighted by atomic mass is 10.1. The maximum absolute atomic E-state index is 11.7. The minimum atomic E-state index is -2.70. The lowest BCUT2D eigenvalue weighted by Gasteiger charge is -2.08. The fourth-order valence-electron chi connectivity index (χ4n) is 2.14. The zero-order valence-electron chi connectivity index (χ0n) is 15.0. The topological polar surface area (TPSA) is 101 Å². The van der Waals surface area contributed by atoms with Crippen LogP contribution in [0.5, 0.6) is 0 Å². The van der Waals surface area contributed by atoms with Gasteiger partial charge < -0.3 is 19.5 Å². The molecule has 24 heavy (non-hydrogen) atoms. The second-order valence-corrected chi connectivity index (χ2v) is 6.86. The predicted octanol–water partition coefficient (Wildman–Crippen LogP) is 5.01. The Balaban J connectivity index is 3.89. The molecule has 0 aliphatic rings. The highest BCUT2D eigenvalue weighted by Crippen LogP contribution is 2.24. The summed E-state index contributed by atoms with van der Waals surface area (Å²) < 4.78 is 21.9. The standard InChI is InChI=1S/C16H33N2O5P/c1-3-5-7-9-11-15(17-19)13-22-24(21)23-14-16(18-20)12-10-8-6-4-2/h19-20,24H,3-14H2,1-2H3. The molecule has 0 saturated heterocycles. The van der Waals surface area contributed by atoms with Crippen molar-refractivity contribution in [3.05, 3.63) is 0 Å². The van der Waals surface area contributed by atoms with Gasteiger partial charge >= 0.3 is 8.25 Å². The summed E-state index contributed by atoms with van der Waals surface area (Å²) in [5.41, 5.74) is 0.923. The van der Waals surface area contributed by atoms with Gasteiger partial charge in [0.1, 0.15) is 0 Å². The van der Waals surface area contributed by atoms with E-state index < -0.39 is 8.25 Å². The fourth-order valence-corrected chi connectivity index (χ4v) is 2.79. The Morgan fingerprint density at radius 3 is 1.54 bits per heavy atom. The van der Waals surface area contributed by atoms with Crippen molar-refractivity contribution in [2.75, 3.05) is 13.2 Å². The fraction of sp³-hybridized carbons (Fsp3) is 0.875. The van der Waals surface area contributed by atoms with Gasteiger partial charge in [-0.2, -0.15) is 0 Å². The Kier molecular flexibility index (Phi) is 16.3. The molecular weight excluding hydrogens is 331 g/mol. The van der Waals surface area contributed by atoms with Crippen LogP contribution in [0, 0.1) is 0 Å². The number of oxime groups is 2. The summed E-state index contributed by atoms with van der Waals surface area (Å²) in [4.78, 5) is 0. The number of nitrogens with zero attached hydrogens (tertiary/aromatic N) is 2. The van der Waals surface area contributed by atoms with Crippen molar-refractivity contribution in [1.82, 2.24) is 0 Å². The van der Waals surface area contributed by atoms with E-state index in [2.05, 4.69) is 24.2 Å². The van der Waals surface area contributed by atoms with E-state index in [-0.39, 0.29) is 13.2 Å². The second-order valence-electron chi connectivity index (χ2n) is 5.78. The van der Waals surface area contributed by atoms with Gasteiger partial charge in [-0.05, 0) is 25.7 Å². The third-order valence-corrected chi connectivity index (χ3v) is 4.39. The SMILES string of the molecule is CCCCCCC(CO[PH](=O)OCC(CCCCCC)=NO)=NO. The van der Waals surface area contributed by atoms with Crippen LogP contribution in [0.4, 0.5) is 0 Å². The average molecular weight is 364 g/mol. The molecule has 0 fully saturated rings. The Bertz CT molecular complexity index is 355. The molecule has 0 aromatic rings. The Morgan fingerprint density at radius 2 is 1.21 bits per heavy atom. The molecule has 0 rings (SSSR count). The first-order chi connectivity index (χ1) is 11.7. The molecular formula is C16H33N2O5P. The second kappa shape index (κ2) is 16.9. The van der Waals surface area contributed by atoms with Crippen molar-refractivity contribution >= 4 is 19.7 Å². The molecule has 0 radical (unpaired) electrons. The van der Waals surface area contributed by atoms with Crippen molar-refractivity contribution in [2.45, 2.75) is 78.1 Å². The highest BCUT2D eigenvalue weighted by molar-refractivity contribution is 7.33. The van der Waals surface area contributed by atoms with Crippen LogP contribution < -0.4 is 0 Å². The van der Waals surface area contributed by atoms with Crippen LogP contribution in [0.3, 0.4) is 0 Å². The minimum Gasteiger partial charge on any atom is -0.411 e. The van der Waals surface area contributed by atoms with Gasteiger partial charge in [-0.1, -0.05) is 62.7 Å². The van der Waals surface area contributed by atoms with Crippen LogP contribution in [-0.4, -0.2) is 35.1 Å². The first kappa shape index (κ1) is 23.1. The maximum Gasteiger partial charge on any atom is 0.319 e. The summed E-state index contributed by atoms with van der Waals surface area (Å²) >= 11 is 0. The summed E-state index contributed by atoms with van der Waals surface area (Å²) in [6.45, 7) is 4.23. The molecule has 2 N–H and O–H groups in total. The molecule has 0 amide bonds. The Hall–Kier alpha value is -0.910. The van der Waals surface area contributed by atoms with Crippen LogP contribution in [0.15, 0.2) is 10.3 Å². The van der Waals surface area contributed by atoms with Crippen LogP contribution in [0.1, 0.15) is 78.1 Å². The van der Waals surface area contributed by atoms with E-state index in [0.717, 1.165) is 51.4 Å². The molecule has 0 unspecified atom stereocenters. The van der Waals surface area contributed by atoms with Crippen LogP contribution in [-0.2, 0) is 13.6 Å². The van der Waals surface area contributed by atoms with E-state index >= 15 is 0 Å². The highest BCUT2D eigenvalue weighted by atomic mass is 31.1. The summed E-state index contributed by atoms with van der Waals surface area (Å²) in [5.74, 6) is 0. The third kappa shape index (κ3) is 13.5. The van der Waals surface area contributed by atoms with Gasteiger partial charge in [-0.3, -0.25) is 4.57 Å². The molecule has 0 saturated carbocycles. The number of unbranched alkanes of at least 4 members (excludes halogenated alkanes) is 6. The normalized spacial score (nSPS) is 14.1. The molecule has 0 bridgehead atoms. The van der Waals surface area contributed by atoms with Crippen molar-refractivity contribution in [3.8, 4) is 0 Å². The van der Waals surface area contributed by atoms with E-state index in [0.29, 0.717) is 24.3 Å². The minimum absolute atomic E-state index is 0.0114. The van der Waals surface area contributed by atoms with Crippen LogP contribution in [0.2, 0.25) is 0 Å². The summed E-state index contributed by atoms with van der Waals surface area (Å²) in [7, 11) is -2.70. The summed E-state index contributed by atoms with van der Waals surface area (Å²) in [6, 6.07) is 0. The zero-order valence-corrected chi connectivity index (χ0v) is 16.0. The number of hydrogen-bond donors (Lipinski definition) is 2. The molecule has 0 spiro atoms. The molecule has 0 aromatic heterocycles. The first-order valence-electron chi connectivity index (χ1n) is 8.87. The van der Waals surface area contributed by atoms with E-state index in [9.17, 15) is 4.57 Å². The molecule has 0 heterocycles. The van der Waals surface area contributed by atoms with Crippen molar-refractivity contribution < 1.29 is 24.0 Å². The third-order valence-electron chi connectivity index (χ3n) is 3.63. The van der Waals surface area contributed by atoms with Gasteiger partial charge in [0.15, 0.2) is 0 Å². The molecule has 0 aliphatic carbocycles. The average Bonchev–Trinajstić information content (AvgIpc) is 2.60. The van der Waals surface area contributed by atoms with Crippen molar-refractivity contribution in [2.24, 2.45) is 10.3 Å². The van der Waals surface area contributed by atoms with Gasteiger partial charge in [0.05, 0.1) is 24.6 Å². The monoisotopic (exact) mass is 364 g/mol. The lowest BCUT2D eigenvalue weighted by molar-refractivity contribution is 0.258. The number of hydrogen-bond acceptors (Lipinski definition) is 7. The van der Waals surface area contributed by atoms with Gasteiger partial charge in [-0.15, -0.1) is 0 Å². The van der Waals surface area contributed by atoms with E-state index in [4.69, 9.17) is 19.5 Å². The van der Waals surface area contributed by atoms with Gasteiger partial charge in [0.2, 0.25) is 0 Å². The zero-order chi connectivity index (χ0) is 18.0. The van der Waals surface area contributed by atoms with E-state index in [1.807, 2.05) is 0 Å². The summed E-state index contributed by atoms with van der Waals surface area (Å²) in [5, 5.41) is 24.2. The molecule has 0 aliphatic heterocycles. The highest BCUT2D eigenvalue weighted by Gasteiger charge is 2.08. The van der Waals surface area contributed by atoms with Crippen molar-refractivity contribution in [1.29, 1.82) is 0 Å². The Labute approximate surface area is 146 Å². The first-order valence-corrected chi connectivity index (χ1v) is 10.1. The van der Waals surface area contributed by atoms with E-state index in [1.165, 1.54) is 0 Å². The Morgan fingerprint density at radius 1 is 0.792 bits per heavy atom. The summed E-state index contributed by atoms with van der Waals surface area (Å²) in [6.07, 6.45) is 9.74. The number of rotatable bonds is 16. The van der Waals surface area contributed by atoms with Crippen molar-refractivity contribution in [3.63, 3.8) is 0 Å². The molecule has 142 valence electrons. The van der Waals surface area contributed by atoms with Gasteiger partial charge in [0, 0.05) is 0 Å². The molecule has 0 aromatic carbocycles. The molecule has 7 nitrogen and oxygen atoms in total. The van der Waals surface area contributed by atoms with Gasteiger partial charge in [-0.25, -0.2) is 0 Å². The van der Waals surface area contributed by atoms with Crippen LogP contribution >= 0.6 is 8.25 Å². The quantitative estimate of drug-likeness (QED) is 0.132. The maximum atomic E-state index is 11.7. The van der Waals surface area contributed by atoms with E-state index in [1.54, 1.807) is 0 Å². The largest absolute Gasteiger partial charge is 0.411 e. The predicted molar refractivity (Wildman–Crippen MR) is 96.9 cm³/mol.